The lowest BCUT2D eigenvalue weighted by molar-refractivity contribution is -0.192. The van der Waals surface area contributed by atoms with Crippen molar-refractivity contribution in [2.45, 2.75) is 37.1 Å². The second-order valence-electron chi connectivity index (χ2n) is 7.00. The molecule has 1 N–H and O–H groups in total. The maximum atomic E-state index is 13.0. The van der Waals surface area contributed by atoms with Gasteiger partial charge in [0.1, 0.15) is 6.10 Å². The van der Waals surface area contributed by atoms with Crippen LogP contribution in [0.2, 0.25) is 0 Å². The molecule has 2 unspecified atom stereocenters. The summed E-state index contributed by atoms with van der Waals surface area (Å²) in [6, 6.07) is 2.12. The average Bonchev–Trinajstić information content (AvgIpc) is 3.10. The Morgan fingerprint density at radius 2 is 1.87 bits per heavy atom. The first kappa shape index (κ1) is 22.6. The minimum absolute atomic E-state index is 0.0681. The molecule has 0 aliphatic carbocycles. The van der Waals surface area contributed by atoms with Gasteiger partial charge in [-0.3, -0.25) is 0 Å². The van der Waals surface area contributed by atoms with Crippen molar-refractivity contribution in [1.29, 1.82) is 0 Å². The lowest BCUT2D eigenvalue weighted by Gasteiger charge is -2.39. The SMILES string of the molecule is Fc1cnc(N2CCCC3(CC(Oc4ncccn4)CO3)C2)nc1.O=C(O)C(F)(F)F. The fourth-order valence-electron chi connectivity index (χ4n) is 3.40. The van der Waals surface area contributed by atoms with Crippen molar-refractivity contribution < 1.29 is 36.9 Å². The molecule has 0 saturated carbocycles. The van der Waals surface area contributed by atoms with Gasteiger partial charge in [-0.05, 0) is 18.9 Å². The van der Waals surface area contributed by atoms with Gasteiger partial charge in [-0.2, -0.15) is 13.2 Å². The van der Waals surface area contributed by atoms with Crippen LogP contribution in [0.25, 0.3) is 0 Å². The second-order valence-corrected chi connectivity index (χ2v) is 7.00. The zero-order chi connectivity index (χ0) is 22.5. The predicted molar refractivity (Wildman–Crippen MR) is 96.9 cm³/mol. The number of alkyl halides is 3. The van der Waals surface area contributed by atoms with Gasteiger partial charge in [0.2, 0.25) is 5.95 Å². The number of carbonyl (C=O) groups is 1. The molecular weight excluding hydrogens is 426 g/mol. The van der Waals surface area contributed by atoms with Crippen molar-refractivity contribution in [3.8, 4) is 6.01 Å². The lowest BCUT2D eigenvalue weighted by atomic mass is 9.89. The van der Waals surface area contributed by atoms with Gasteiger partial charge in [0.05, 0.1) is 24.6 Å². The molecule has 0 aromatic carbocycles. The fourth-order valence-corrected chi connectivity index (χ4v) is 3.40. The minimum atomic E-state index is -5.08. The number of hydrogen-bond acceptors (Lipinski definition) is 8. The van der Waals surface area contributed by atoms with E-state index in [1.54, 1.807) is 18.5 Å². The third-order valence-corrected chi connectivity index (χ3v) is 4.66. The highest BCUT2D eigenvalue weighted by Crippen LogP contribution is 2.36. The van der Waals surface area contributed by atoms with Crippen LogP contribution in [0.15, 0.2) is 30.9 Å². The molecule has 2 aliphatic heterocycles. The zero-order valence-corrected chi connectivity index (χ0v) is 16.1. The first-order chi connectivity index (χ1) is 14.7. The summed E-state index contributed by atoms with van der Waals surface area (Å²) < 4.78 is 56.6. The van der Waals surface area contributed by atoms with E-state index in [-0.39, 0.29) is 11.7 Å². The predicted octanol–water partition coefficient (Wildman–Crippen LogP) is 2.25. The Labute approximate surface area is 174 Å². The number of anilines is 1. The van der Waals surface area contributed by atoms with E-state index >= 15 is 0 Å². The number of nitrogens with zero attached hydrogens (tertiary/aromatic N) is 5. The Bertz CT molecular complexity index is 872. The van der Waals surface area contributed by atoms with Gasteiger partial charge >= 0.3 is 18.2 Å². The summed E-state index contributed by atoms with van der Waals surface area (Å²) in [6.07, 6.45) is 3.24. The van der Waals surface area contributed by atoms with Gasteiger partial charge in [0, 0.05) is 31.9 Å². The van der Waals surface area contributed by atoms with Crippen LogP contribution in [0.3, 0.4) is 0 Å². The average molecular weight is 445 g/mol. The molecule has 2 aliphatic rings. The number of rotatable bonds is 3. The third-order valence-electron chi connectivity index (χ3n) is 4.66. The van der Waals surface area contributed by atoms with Crippen LogP contribution in [0.1, 0.15) is 19.3 Å². The summed E-state index contributed by atoms with van der Waals surface area (Å²) in [4.78, 5) is 27.3. The monoisotopic (exact) mass is 445 g/mol. The van der Waals surface area contributed by atoms with Gasteiger partial charge in [-0.15, -0.1) is 0 Å². The molecule has 0 amide bonds. The molecule has 4 rings (SSSR count). The number of ether oxygens (including phenoxy) is 2. The van der Waals surface area contributed by atoms with E-state index in [0.717, 1.165) is 25.8 Å². The van der Waals surface area contributed by atoms with Gasteiger partial charge in [0.25, 0.3) is 0 Å². The van der Waals surface area contributed by atoms with Gasteiger partial charge < -0.3 is 19.5 Å². The van der Waals surface area contributed by atoms with E-state index in [1.807, 2.05) is 4.90 Å². The first-order valence-corrected chi connectivity index (χ1v) is 9.27. The fraction of sp³-hybridized carbons (Fsp3) is 0.500. The van der Waals surface area contributed by atoms with E-state index < -0.39 is 18.0 Å². The Kier molecular flexibility index (Phi) is 6.83. The van der Waals surface area contributed by atoms with Crippen molar-refractivity contribution in [1.82, 2.24) is 19.9 Å². The maximum Gasteiger partial charge on any atom is 0.490 e. The molecule has 13 heteroatoms. The number of hydrogen-bond donors (Lipinski definition) is 1. The van der Waals surface area contributed by atoms with E-state index in [2.05, 4.69) is 19.9 Å². The minimum Gasteiger partial charge on any atom is -0.475 e. The molecule has 2 aromatic heterocycles. The molecule has 2 aromatic rings. The Morgan fingerprint density at radius 1 is 1.23 bits per heavy atom. The Morgan fingerprint density at radius 3 is 2.48 bits per heavy atom. The van der Waals surface area contributed by atoms with E-state index in [0.29, 0.717) is 25.1 Å². The number of halogens is 4. The molecule has 9 nitrogen and oxygen atoms in total. The van der Waals surface area contributed by atoms with E-state index in [1.165, 1.54) is 12.4 Å². The smallest absolute Gasteiger partial charge is 0.475 e. The standard InChI is InChI=1S/C16H18FN5O2.C2HF3O2/c17-12-8-20-14(21-9-12)22-6-1-3-16(11-22)7-13(10-23-16)24-15-18-4-2-5-19-15;3-2(4,5)1(6)7/h2,4-5,8-9,13H,1,3,6-7,10-11H2;(H,6,7). The topological polar surface area (TPSA) is 111 Å². The van der Waals surface area contributed by atoms with Gasteiger partial charge in [-0.1, -0.05) is 0 Å². The summed E-state index contributed by atoms with van der Waals surface area (Å²) >= 11 is 0. The molecule has 1 spiro atoms. The van der Waals surface area contributed by atoms with Crippen LogP contribution in [-0.4, -0.2) is 68.6 Å². The van der Waals surface area contributed by atoms with Gasteiger partial charge in [0.15, 0.2) is 5.82 Å². The van der Waals surface area contributed by atoms with Crippen LogP contribution < -0.4 is 9.64 Å². The highest BCUT2D eigenvalue weighted by molar-refractivity contribution is 5.73. The first-order valence-electron chi connectivity index (χ1n) is 9.27. The number of aliphatic carboxylic acids is 1. The molecule has 168 valence electrons. The molecule has 2 atom stereocenters. The maximum absolute atomic E-state index is 13.0. The molecule has 0 radical (unpaired) electrons. The number of piperidine rings is 1. The van der Waals surface area contributed by atoms with Crippen molar-refractivity contribution in [3.05, 3.63) is 36.7 Å². The molecule has 0 bridgehead atoms. The quantitative estimate of drug-likeness (QED) is 0.711. The summed E-state index contributed by atoms with van der Waals surface area (Å²) in [5.41, 5.74) is -0.282. The van der Waals surface area contributed by atoms with Gasteiger partial charge in [-0.25, -0.2) is 29.1 Å². The summed E-state index contributed by atoms with van der Waals surface area (Å²) in [7, 11) is 0. The van der Waals surface area contributed by atoms with Crippen molar-refractivity contribution in [3.63, 3.8) is 0 Å². The van der Waals surface area contributed by atoms with Crippen molar-refractivity contribution in [2.24, 2.45) is 0 Å². The van der Waals surface area contributed by atoms with Crippen LogP contribution in [-0.2, 0) is 9.53 Å². The highest BCUT2D eigenvalue weighted by Gasteiger charge is 2.45. The molecule has 4 heterocycles. The van der Waals surface area contributed by atoms with Crippen LogP contribution >= 0.6 is 0 Å². The van der Waals surface area contributed by atoms with E-state index in [4.69, 9.17) is 19.4 Å². The summed E-state index contributed by atoms with van der Waals surface area (Å²) in [5, 5.41) is 7.12. The number of aromatic nitrogens is 4. The Balaban J connectivity index is 0.000000339. The molecular formula is C18H19F4N5O4. The number of carboxylic acids is 1. The molecule has 2 fully saturated rings. The van der Waals surface area contributed by atoms with Crippen LogP contribution in [0.5, 0.6) is 6.01 Å². The van der Waals surface area contributed by atoms with E-state index in [9.17, 15) is 17.6 Å². The Hall–Kier alpha value is -3.09. The third kappa shape index (κ3) is 6.20. The van der Waals surface area contributed by atoms with Crippen molar-refractivity contribution in [2.75, 3.05) is 24.6 Å². The normalized spacial score (nSPS) is 23.2. The summed E-state index contributed by atoms with van der Waals surface area (Å²) in [6.45, 7) is 2.02. The molecule has 2 saturated heterocycles. The largest absolute Gasteiger partial charge is 0.490 e. The zero-order valence-electron chi connectivity index (χ0n) is 16.1. The highest BCUT2D eigenvalue weighted by atomic mass is 19.4. The molecule has 31 heavy (non-hydrogen) atoms. The van der Waals surface area contributed by atoms with Crippen molar-refractivity contribution >= 4 is 11.9 Å². The van der Waals surface area contributed by atoms with Crippen LogP contribution in [0, 0.1) is 5.82 Å². The van der Waals surface area contributed by atoms with Crippen LogP contribution in [0.4, 0.5) is 23.5 Å². The number of carboxylic acid groups (broad SMARTS) is 1. The second kappa shape index (κ2) is 9.37. The summed E-state index contributed by atoms with van der Waals surface area (Å²) in [5.74, 6) is -2.65. The lowest BCUT2D eigenvalue weighted by Crippen LogP contribution is -2.48.